The average Bonchev–Trinajstić information content (AvgIpc) is 3.65. The van der Waals surface area contributed by atoms with Gasteiger partial charge in [0, 0.05) is 33.5 Å². The van der Waals surface area contributed by atoms with Crippen LogP contribution >= 0.6 is 0 Å². The fourth-order valence-electron chi connectivity index (χ4n) is 6.41. The molecule has 0 saturated carbocycles. The van der Waals surface area contributed by atoms with Gasteiger partial charge in [-0.25, -0.2) is 0 Å². The van der Waals surface area contributed by atoms with Gasteiger partial charge in [0.05, 0.1) is 0 Å². The molecule has 4 aromatic rings. The van der Waals surface area contributed by atoms with Gasteiger partial charge in [0.1, 0.15) is 0 Å². The fraction of sp³-hybridized carbons (Fsp3) is 0.0625. The maximum absolute atomic E-state index is 3.85. The summed E-state index contributed by atoms with van der Waals surface area (Å²) in [5.41, 5.74) is 11.8. The quantitative estimate of drug-likeness (QED) is 0.218. The van der Waals surface area contributed by atoms with E-state index in [0.29, 0.717) is 0 Å². The van der Waals surface area contributed by atoms with Crippen LogP contribution in [0.15, 0.2) is 97.6 Å². The predicted molar refractivity (Wildman–Crippen MR) is 154 cm³/mol. The van der Waals surface area contributed by atoms with E-state index in [4.69, 9.17) is 0 Å². The van der Waals surface area contributed by atoms with Crippen molar-refractivity contribution < 1.29 is 20.4 Å². The zero-order valence-electron chi connectivity index (χ0n) is 20.9. The van der Waals surface area contributed by atoms with Crippen LogP contribution in [0.1, 0.15) is 0 Å². The van der Waals surface area contributed by atoms with Crippen molar-refractivity contribution in [3.63, 3.8) is 0 Å². The van der Waals surface area contributed by atoms with Gasteiger partial charge in [0.15, 0.2) is 0 Å². The van der Waals surface area contributed by atoms with Gasteiger partial charge in [-0.1, -0.05) is 82.0 Å². The van der Waals surface area contributed by atoms with Crippen molar-refractivity contribution in [1.29, 1.82) is 0 Å². The van der Waals surface area contributed by atoms with Crippen LogP contribution in [-0.4, -0.2) is 29.7 Å². The van der Waals surface area contributed by atoms with Crippen LogP contribution < -0.4 is 25.5 Å². The molecular weight excluding hydrogens is 572 g/mol. The van der Waals surface area contributed by atoms with Gasteiger partial charge in [0.25, 0.3) is 0 Å². The molecule has 5 aliphatic rings. The molecule has 5 nitrogen and oxygen atoms in total. The Balaban J connectivity index is 0.00000235. The molecule has 0 radical (unpaired) electrons. The third-order valence-corrected chi connectivity index (χ3v) is 8.21. The van der Waals surface area contributed by atoms with Crippen molar-refractivity contribution in [2.45, 2.75) is 0 Å². The normalized spacial score (nSPS) is 17.1. The summed E-state index contributed by atoms with van der Waals surface area (Å²) in [6.07, 6.45) is 8.52. The van der Waals surface area contributed by atoms with Crippen LogP contribution in [0.5, 0.6) is 0 Å². The molecule has 39 heavy (non-hydrogen) atoms. The van der Waals surface area contributed by atoms with E-state index in [0.717, 1.165) is 35.8 Å². The maximum atomic E-state index is 3.85. The Hall–Kier alpha value is -3.91. The van der Waals surface area contributed by atoms with Crippen LogP contribution in [0, 0.1) is 25.5 Å². The smallest absolute Gasteiger partial charge is 0.324 e. The van der Waals surface area contributed by atoms with Crippen molar-refractivity contribution >= 4 is 40.5 Å². The molecule has 0 spiro atoms. The van der Waals surface area contributed by atoms with Crippen molar-refractivity contribution in [2.75, 3.05) is 27.7 Å². The molecule has 0 unspecified atom stereocenters. The summed E-state index contributed by atoms with van der Waals surface area (Å²) in [5, 5.41) is 0. The number of rotatable bonds is 0. The third kappa shape index (κ3) is 3.30. The van der Waals surface area contributed by atoms with Crippen LogP contribution in [0.25, 0.3) is 22.3 Å². The van der Waals surface area contributed by atoms with Crippen LogP contribution in [0.2, 0.25) is 0 Å². The summed E-state index contributed by atoms with van der Waals surface area (Å²) < 4.78 is 0. The summed E-state index contributed by atoms with van der Waals surface area (Å²) in [7, 11) is 0. The van der Waals surface area contributed by atoms with Crippen LogP contribution in [0.3, 0.4) is 0 Å². The molecule has 5 heterocycles. The molecule has 7 heteroatoms. The van der Waals surface area contributed by atoms with Gasteiger partial charge in [-0.2, -0.15) is 25.5 Å². The second-order valence-corrected chi connectivity index (χ2v) is 10.3. The number of hydrogen-bond acceptors (Lipinski definition) is 5. The van der Waals surface area contributed by atoms with E-state index in [9.17, 15) is 0 Å². The Labute approximate surface area is 243 Å². The molecule has 0 amide bonds. The molecule has 9 rings (SSSR count). The number of nitrogens with zero attached hydrogens (tertiary/aromatic N) is 5. The van der Waals surface area contributed by atoms with Gasteiger partial charge in [-0.15, -0.1) is 46.8 Å². The summed E-state index contributed by atoms with van der Waals surface area (Å²) in [6.45, 7) is 6.13. The first-order valence-corrected chi connectivity index (χ1v) is 13.1. The van der Waals surface area contributed by atoms with Gasteiger partial charge < -0.3 is 24.4 Å². The zero-order valence-corrected chi connectivity index (χ0v) is 22.5. The van der Waals surface area contributed by atoms with Crippen LogP contribution in [0.4, 0.5) is 22.7 Å². The molecule has 5 aliphatic heterocycles. The van der Waals surface area contributed by atoms with Gasteiger partial charge in [-0.05, 0) is 24.8 Å². The van der Waals surface area contributed by atoms with Crippen molar-refractivity contribution in [3.05, 3.63) is 123 Å². The molecular formula is C32H22BN5Pd-4. The summed E-state index contributed by atoms with van der Waals surface area (Å²) in [6, 6.07) is 34.2. The first-order chi connectivity index (χ1) is 18.8. The van der Waals surface area contributed by atoms with E-state index in [1.807, 2.05) is 0 Å². The van der Waals surface area contributed by atoms with E-state index < -0.39 is 0 Å². The Morgan fingerprint density at radius 1 is 0.564 bits per heavy atom. The van der Waals surface area contributed by atoms with E-state index in [1.165, 1.54) is 33.2 Å². The second kappa shape index (κ2) is 8.54. The number of benzene rings is 4. The first-order valence-electron chi connectivity index (χ1n) is 13.1. The molecule has 0 saturated heterocycles. The van der Waals surface area contributed by atoms with Crippen LogP contribution in [-0.2, 0) is 20.4 Å². The zero-order chi connectivity index (χ0) is 24.8. The van der Waals surface area contributed by atoms with Gasteiger partial charge in [-0.3, -0.25) is 0 Å². The summed E-state index contributed by atoms with van der Waals surface area (Å²) in [5.74, 6) is 0. The Bertz CT molecular complexity index is 1580. The number of hydrogen-bond donors (Lipinski definition) is 0. The molecule has 192 valence electrons. The molecule has 0 aromatic heterocycles. The third-order valence-electron chi connectivity index (χ3n) is 8.21. The largest absolute Gasteiger partial charge is 0.507 e. The van der Waals surface area contributed by atoms with E-state index in [1.54, 1.807) is 0 Å². The minimum atomic E-state index is 0. The molecule has 0 atom stereocenters. The second-order valence-electron chi connectivity index (χ2n) is 10.3. The van der Waals surface area contributed by atoms with Gasteiger partial charge in [0.2, 0.25) is 0 Å². The molecule has 8 bridgehead atoms. The maximum Gasteiger partial charge on any atom is 0.324 e. The van der Waals surface area contributed by atoms with E-state index in [-0.39, 0.29) is 27.3 Å². The van der Waals surface area contributed by atoms with Crippen molar-refractivity contribution in [3.8, 4) is 22.3 Å². The van der Waals surface area contributed by atoms with Gasteiger partial charge >= 0.3 is 6.85 Å². The predicted octanol–water partition coefficient (Wildman–Crippen LogP) is 4.63. The molecule has 0 fully saturated rings. The molecule has 0 N–H and O–H groups in total. The number of anilines is 4. The molecule has 4 aromatic carbocycles. The Morgan fingerprint density at radius 3 is 1.56 bits per heavy atom. The first kappa shape index (κ1) is 23.0. The minimum Gasteiger partial charge on any atom is -0.507 e. The molecule has 0 aliphatic carbocycles. The Kier molecular flexibility index (Phi) is 5.04. The van der Waals surface area contributed by atoms with Crippen molar-refractivity contribution in [2.24, 2.45) is 0 Å². The van der Waals surface area contributed by atoms with E-state index in [2.05, 4.69) is 147 Å². The topological polar surface area (TPSA) is 16.2 Å². The Morgan fingerprint density at radius 2 is 1.05 bits per heavy atom. The average molecular weight is 594 g/mol. The van der Waals surface area contributed by atoms with E-state index >= 15 is 0 Å². The SMILES string of the molecule is [Pd].[c-]1c2ccc3c1N1B(c4ccccc4-3)c3ccccc3-c3ccc([c-]c31)N1C=CN([CH-]1)CCN1C=CN2[CH-]1. The standard InChI is InChI=1S/C32H22BN5.Pd/c1-3-7-29-25(5-1)27-11-9-23-19-31(27)38-32-20-24(10-12-28(32)26-6-2-4-8-30(26)33(29)38)37-18-16-35(22-37)14-13-34-15-17-36(23)21-34;/h1-12,15-18,21-22H,13-14H2;/q-4;. The van der Waals surface area contributed by atoms with Crippen molar-refractivity contribution in [1.82, 2.24) is 9.80 Å². The number of fused-ring (bicyclic) bond motifs is 14. The minimum absolute atomic E-state index is 0. The monoisotopic (exact) mass is 593 g/mol. The summed E-state index contributed by atoms with van der Waals surface area (Å²) >= 11 is 0. The fourth-order valence-corrected chi connectivity index (χ4v) is 6.41. The summed E-state index contributed by atoms with van der Waals surface area (Å²) in [4.78, 5) is 11.3.